The van der Waals surface area contributed by atoms with E-state index in [4.69, 9.17) is 0 Å². The maximum absolute atomic E-state index is 11.4. The first-order valence-corrected chi connectivity index (χ1v) is 6.58. The van der Waals surface area contributed by atoms with Crippen molar-refractivity contribution in [1.82, 2.24) is 0 Å². The van der Waals surface area contributed by atoms with Gasteiger partial charge in [0, 0.05) is 0 Å². The number of rotatable bonds is 6. The Balaban J connectivity index is 4.36. The standard InChI is InChI=1S/C9H16O6S/c1-4-15-9(11)7(2)5-16(12,13)6-8(10)14-3/h7H,4-6H2,1-3H3. The van der Waals surface area contributed by atoms with Crippen molar-refractivity contribution in [2.75, 3.05) is 25.2 Å². The van der Waals surface area contributed by atoms with Crippen molar-refractivity contribution in [3.8, 4) is 0 Å². The summed E-state index contributed by atoms with van der Waals surface area (Å²) in [5.74, 6) is -3.34. The lowest BCUT2D eigenvalue weighted by molar-refractivity contribution is -0.146. The van der Waals surface area contributed by atoms with Gasteiger partial charge in [-0.25, -0.2) is 8.42 Å². The van der Waals surface area contributed by atoms with Crippen LogP contribution in [0.3, 0.4) is 0 Å². The third-order valence-electron chi connectivity index (χ3n) is 1.76. The van der Waals surface area contributed by atoms with Crippen LogP contribution in [0.15, 0.2) is 0 Å². The third kappa shape index (κ3) is 5.69. The second-order valence-electron chi connectivity index (χ2n) is 3.28. The molecule has 0 rings (SSSR count). The molecule has 0 aliphatic rings. The number of hydrogen-bond donors (Lipinski definition) is 0. The van der Waals surface area contributed by atoms with E-state index in [2.05, 4.69) is 9.47 Å². The molecule has 6 nitrogen and oxygen atoms in total. The molecule has 0 heterocycles. The van der Waals surface area contributed by atoms with Crippen LogP contribution < -0.4 is 0 Å². The van der Waals surface area contributed by atoms with Gasteiger partial charge in [0.1, 0.15) is 5.75 Å². The quantitative estimate of drug-likeness (QED) is 0.607. The zero-order valence-electron chi connectivity index (χ0n) is 9.56. The zero-order chi connectivity index (χ0) is 12.8. The number of methoxy groups -OCH3 is 1. The molecule has 7 heteroatoms. The highest BCUT2D eigenvalue weighted by molar-refractivity contribution is 7.92. The molecule has 0 amide bonds. The summed E-state index contributed by atoms with van der Waals surface area (Å²) in [6.07, 6.45) is 0. The molecule has 0 saturated heterocycles. The molecule has 0 saturated carbocycles. The largest absolute Gasteiger partial charge is 0.468 e. The Kier molecular flexibility index (Phi) is 6.02. The van der Waals surface area contributed by atoms with Crippen LogP contribution in [0.2, 0.25) is 0 Å². The average molecular weight is 252 g/mol. The van der Waals surface area contributed by atoms with Crippen molar-refractivity contribution < 1.29 is 27.5 Å². The summed E-state index contributed by atoms with van der Waals surface area (Å²) in [5.41, 5.74) is 0. The predicted octanol–water partition coefficient (Wildman–Crippen LogP) is -0.227. The van der Waals surface area contributed by atoms with Gasteiger partial charge in [0.2, 0.25) is 0 Å². The Hall–Kier alpha value is -1.11. The lowest BCUT2D eigenvalue weighted by Gasteiger charge is -2.10. The van der Waals surface area contributed by atoms with Gasteiger partial charge >= 0.3 is 11.9 Å². The fraction of sp³-hybridized carbons (Fsp3) is 0.778. The second kappa shape index (κ2) is 6.47. The Bertz CT molecular complexity index is 345. The Morgan fingerprint density at radius 1 is 1.31 bits per heavy atom. The number of ether oxygens (including phenoxy) is 2. The van der Waals surface area contributed by atoms with E-state index in [0.717, 1.165) is 7.11 Å². The normalized spacial score (nSPS) is 12.9. The van der Waals surface area contributed by atoms with E-state index >= 15 is 0 Å². The summed E-state index contributed by atoms with van der Waals surface area (Å²) in [5, 5.41) is 0. The summed E-state index contributed by atoms with van der Waals surface area (Å²) in [6, 6.07) is 0. The lowest BCUT2D eigenvalue weighted by Crippen LogP contribution is -2.28. The predicted molar refractivity (Wildman–Crippen MR) is 56.5 cm³/mol. The van der Waals surface area contributed by atoms with Crippen LogP contribution in [0.4, 0.5) is 0 Å². The maximum atomic E-state index is 11.4. The summed E-state index contributed by atoms with van der Waals surface area (Å²) in [4.78, 5) is 22.0. The fourth-order valence-electron chi connectivity index (χ4n) is 1.03. The molecule has 94 valence electrons. The minimum absolute atomic E-state index is 0.195. The molecule has 1 atom stereocenters. The molecule has 0 fully saturated rings. The lowest BCUT2D eigenvalue weighted by atomic mass is 10.2. The molecule has 0 spiro atoms. The van der Waals surface area contributed by atoms with Gasteiger partial charge in [-0.15, -0.1) is 0 Å². The van der Waals surface area contributed by atoms with Gasteiger partial charge in [-0.3, -0.25) is 9.59 Å². The van der Waals surface area contributed by atoms with E-state index in [0.29, 0.717) is 0 Å². The smallest absolute Gasteiger partial charge is 0.320 e. The van der Waals surface area contributed by atoms with Crippen molar-refractivity contribution in [3.63, 3.8) is 0 Å². The van der Waals surface area contributed by atoms with Crippen molar-refractivity contribution in [2.24, 2.45) is 5.92 Å². The van der Waals surface area contributed by atoms with E-state index in [-0.39, 0.29) is 6.61 Å². The average Bonchev–Trinajstić information content (AvgIpc) is 2.16. The van der Waals surface area contributed by atoms with Crippen molar-refractivity contribution >= 4 is 21.8 Å². The van der Waals surface area contributed by atoms with Crippen molar-refractivity contribution in [3.05, 3.63) is 0 Å². The van der Waals surface area contributed by atoms with Gasteiger partial charge in [0.05, 0.1) is 25.4 Å². The topological polar surface area (TPSA) is 86.7 Å². The highest BCUT2D eigenvalue weighted by Crippen LogP contribution is 2.05. The van der Waals surface area contributed by atoms with Crippen molar-refractivity contribution in [1.29, 1.82) is 0 Å². The van der Waals surface area contributed by atoms with Gasteiger partial charge in [-0.1, -0.05) is 6.92 Å². The first-order valence-electron chi connectivity index (χ1n) is 4.76. The van der Waals surface area contributed by atoms with E-state index in [9.17, 15) is 18.0 Å². The Morgan fingerprint density at radius 2 is 1.88 bits per heavy atom. The molecule has 1 unspecified atom stereocenters. The molecule has 0 aromatic rings. The monoisotopic (exact) mass is 252 g/mol. The van der Waals surface area contributed by atoms with Crippen LogP contribution in [0.5, 0.6) is 0 Å². The van der Waals surface area contributed by atoms with Crippen LogP contribution in [0.1, 0.15) is 13.8 Å². The molecule has 0 aromatic carbocycles. The maximum Gasteiger partial charge on any atom is 0.320 e. The summed E-state index contributed by atoms with van der Waals surface area (Å²) in [7, 11) is -2.53. The van der Waals surface area contributed by atoms with Crippen molar-refractivity contribution in [2.45, 2.75) is 13.8 Å². The fourth-order valence-corrected chi connectivity index (χ4v) is 2.52. The SMILES string of the molecule is CCOC(=O)C(C)CS(=O)(=O)CC(=O)OC. The highest BCUT2D eigenvalue weighted by atomic mass is 32.2. The van der Waals surface area contributed by atoms with Crippen LogP contribution in [-0.4, -0.2) is 45.6 Å². The van der Waals surface area contributed by atoms with Crippen LogP contribution in [0, 0.1) is 5.92 Å². The summed E-state index contributed by atoms with van der Waals surface area (Å²) >= 11 is 0. The van der Waals surface area contributed by atoms with Gasteiger partial charge in [-0.2, -0.15) is 0 Å². The van der Waals surface area contributed by atoms with Crippen LogP contribution in [-0.2, 0) is 28.9 Å². The minimum Gasteiger partial charge on any atom is -0.468 e. The molecule has 0 aromatic heterocycles. The first kappa shape index (κ1) is 14.9. The summed E-state index contributed by atoms with van der Waals surface area (Å²) < 4.78 is 31.7. The van der Waals surface area contributed by atoms with Gasteiger partial charge < -0.3 is 9.47 Å². The van der Waals surface area contributed by atoms with E-state index < -0.39 is 39.2 Å². The highest BCUT2D eigenvalue weighted by Gasteiger charge is 2.25. The van der Waals surface area contributed by atoms with Crippen LogP contribution in [0.25, 0.3) is 0 Å². The Morgan fingerprint density at radius 3 is 2.31 bits per heavy atom. The third-order valence-corrected chi connectivity index (χ3v) is 3.44. The van der Waals surface area contributed by atoms with Gasteiger partial charge in [0.25, 0.3) is 0 Å². The number of carbonyl (C=O) groups excluding carboxylic acids is 2. The van der Waals surface area contributed by atoms with Gasteiger partial charge in [0.15, 0.2) is 9.84 Å². The van der Waals surface area contributed by atoms with E-state index in [1.54, 1.807) is 6.92 Å². The molecule has 0 bridgehead atoms. The molecule has 0 N–H and O–H groups in total. The van der Waals surface area contributed by atoms with E-state index in [1.165, 1.54) is 6.92 Å². The summed E-state index contributed by atoms with van der Waals surface area (Å²) in [6.45, 7) is 3.26. The molecule has 0 radical (unpaired) electrons. The minimum atomic E-state index is -3.63. The number of sulfone groups is 1. The molecule has 0 aliphatic heterocycles. The molecular weight excluding hydrogens is 236 g/mol. The van der Waals surface area contributed by atoms with Gasteiger partial charge in [-0.05, 0) is 6.92 Å². The first-order chi connectivity index (χ1) is 7.32. The number of esters is 2. The van der Waals surface area contributed by atoms with Crippen LogP contribution >= 0.6 is 0 Å². The molecular formula is C9H16O6S. The number of carbonyl (C=O) groups is 2. The second-order valence-corrected chi connectivity index (χ2v) is 5.39. The molecule has 16 heavy (non-hydrogen) atoms. The number of hydrogen-bond acceptors (Lipinski definition) is 6. The van der Waals surface area contributed by atoms with E-state index in [1.807, 2.05) is 0 Å². The zero-order valence-corrected chi connectivity index (χ0v) is 10.4. The Labute approximate surface area is 94.8 Å². The molecule has 0 aliphatic carbocycles.